The van der Waals surface area contributed by atoms with Crippen LogP contribution in [0.25, 0.3) is 0 Å². The van der Waals surface area contributed by atoms with Gasteiger partial charge in [-0.05, 0) is 19.1 Å². The number of aryl methyl sites for hydroxylation is 1. The van der Waals surface area contributed by atoms with Gasteiger partial charge in [0, 0.05) is 4.90 Å². The highest BCUT2D eigenvalue weighted by molar-refractivity contribution is 7.98. The smallest absolute Gasteiger partial charge is 0.336 e. The lowest BCUT2D eigenvalue weighted by Crippen LogP contribution is -1.98. The second-order valence-corrected chi connectivity index (χ2v) is 4.34. The molecule has 1 heterocycles. The van der Waals surface area contributed by atoms with Crippen LogP contribution in [0.1, 0.15) is 22.1 Å². The molecule has 0 saturated carbocycles. The first-order valence-electron chi connectivity index (χ1n) is 4.91. The van der Waals surface area contributed by atoms with Gasteiger partial charge in [0.05, 0.1) is 11.3 Å². The summed E-state index contributed by atoms with van der Waals surface area (Å²) in [5, 5.41) is 12.7. The Bertz CT molecular complexity index is 539. The van der Waals surface area contributed by atoms with Crippen LogP contribution < -0.4 is 0 Å². The third kappa shape index (κ3) is 2.85. The molecule has 88 valence electrons. The summed E-state index contributed by atoms with van der Waals surface area (Å²) >= 11 is 1.36. The molecule has 0 unspecified atom stereocenters. The van der Waals surface area contributed by atoms with Crippen LogP contribution in [0, 0.1) is 6.92 Å². The summed E-state index contributed by atoms with van der Waals surface area (Å²) < 4.78 is 4.96. The van der Waals surface area contributed by atoms with Crippen LogP contribution in [-0.2, 0) is 5.75 Å². The van der Waals surface area contributed by atoms with E-state index in [1.165, 1.54) is 11.8 Å². The summed E-state index contributed by atoms with van der Waals surface area (Å²) in [6, 6.07) is 6.83. The summed E-state index contributed by atoms with van der Waals surface area (Å²) in [7, 11) is 0. The van der Waals surface area contributed by atoms with Gasteiger partial charge in [0.25, 0.3) is 0 Å². The SMILES string of the molecule is Cc1noc(CSc2ccccc2C(=O)O)n1. The number of rotatable bonds is 4. The zero-order valence-corrected chi connectivity index (χ0v) is 9.90. The summed E-state index contributed by atoms with van der Waals surface area (Å²) in [6.07, 6.45) is 0. The molecule has 0 aliphatic carbocycles. The minimum Gasteiger partial charge on any atom is -0.478 e. The lowest BCUT2D eigenvalue weighted by Gasteiger charge is -2.02. The van der Waals surface area contributed by atoms with E-state index in [1.54, 1.807) is 31.2 Å². The van der Waals surface area contributed by atoms with E-state index in [1.807, 2.05) is 0 Å². The van der Waals surface area contributed by atoms with Gasteiger partial charge in [-0.15, -0.1) is 11.8 Å². The molecule has 17 heavy (non-hydrogen) atoms. The molecule has 1 aromatic carbocycles. The van der Waals surface area contributed by atoms with Gasteiger partial charge in [-0.1, -0.05) is 17.3 Å². The summed E-state index contributed by atoms with van der Waals surface area (Å²) in [4.78, 5) is 15.7. The molecule has 0 radical (unpaired) electrons. The first-order chi connectivity index (χ1) is 8.16. The molecule has 0 fully saturated rings. The van der Waals surface area contributed by atoms with Gasteiger partial charge in [-0.25, -0.2) is 4.79 Å². The molecule has 2 rings (SSSR count). The first-order valence-corrected chi connectivity index (χ1v) is 5.89. The van der Waals surface area contributed by atoms with Crippen LogP contribution >= 0.6 is 11.8 Å². The molecule has 1 N–H and O–H groups in total. The van der Waals surface area contributed by atoms with Gasteiger partial charge in [-0.3, -0.25) is 0 Å². The minimum absolute atomic E-state index is 0.286. The number of aromatic carboxylic acids is 1. The second-order valence-electron chi connectivity index (χ2n) is 3.33. The summed E-state index contributed by atoms with van der Waals surface area (Å²) in [5.41, 5.74) is 0.286. The topological polar surface area (TPSA) is 76.2 Å². The normalized spacial score (nSPS) is 10.4. The van der Waals surface area contributed by atoms with Crippen LogP contribution in [0.2, 0.25) is 0 Å². The average molecular weight is 250 g/mol. The van der Waals surface area contributed by atoms with E-state index in [4.69, 9.17) is 9.63 Å². The first kappa shape index (κ1) is 11.7. The summed E-state index contributed by atoms with van der Waals surface area (Å²) in [6.45, 7) is 1.74. The van der Waals surface area contributed by atoms with E-state index in [2.05, 4.69) is 10.1 Å². The number of aromatic nitrogens is 2. The zero-order valence-electron chi connectivity index (χ0n) is 9.08. The molecular weight excluding hydrogens is 240 g/mol. The van der Waals surface area contributed by atoms with E-state index in [9.17, 15) is 4.79 Å². The van der Waals surface area contributed by atoms with E-state index < -0.39 is 5.97 Å². The number of carboxylic acid groups (broad SMARTS) is 1. The lowest BCUT2D eigenvalue weighted by atomic mass is 10.2. The van der Waals surface area contributed by atoms with E-state index in [0.717, 1.165) is 0 Å². The molecule has 6 heteroatoms. The number of nitrogens with zero attached hydrogens (tertiary/aromatic N) is 2. The maximum Gasteiger partial charge on any atom is 0.336 e. The lowest BCUT2D eigenvalue weighted by molar-refractivity contribution is 0.0693. The number of carbonyl (C=O) groups is 1. The van der Waals surface area contributed by atoms with Crippen molar-refractivity contribution in [1.82, 2.24) is 10.1 Å². The Kier molecular flexibility index (Phi) is 3.43. The fourth-order valence-electron chi connectivity index (χ4n) is 1.31. The Balaban J connectivity index is 2.11. The fourth-order valence-corrected chi connectivity index (χ4v) is 2.19. The third-order valence-corrected chi connectivity index (χ3v) is 3.10. The van der Waals surface area contributed by atoms with Crippen LogP contribution in [0.5, 0.6) is 0 Å². The molecule has 1 aromatic heterocycles. The maximum absolute atomic E-state index is 11.0. The number of benzene rings is 1. The Labute approximate surface area is 102 Å². The maximum atomic E-state index is 11.0. The minimum atomic E-state index is -0.935. The van der Waals surface area contributed by atoms with Gasteiger partial charge in [0.15, 0.2) is 5.82 Å². The molecule has 5 nitrogen and oxygen atoms in total. The van der Waals surface area contributed by atoms with Gasteiger partial charge in [0.1, 0.15) is 0 Å². The van der Waals surface area contributed by atoms with Crippen molar-refractivity contribution in [3.8, 4) is 0 Å². The van der Waals surface area contributed by atoms with E-state index in [0.29, 0.717) is 22.4 Å². The monoisotopic (exact) mass is 250 g/mol. The highest BCUT2D eigenvalue weighted by Crippen LogP contribution is 2.25. The van der Waals surface area contributed by atoms with Crippen molar-refractivity contribution in [3.63, 3.8) is 0 Å². The molecule has 0 saturated heterocycles. The summed E-state index contributed by atoms with van der Waals surface area (Å²) in [5.74, 6) is 0.597. The van der Waals surface area contributed by atoms with Gasteiger partial charge >= 0.3 is 5.97 Å². The Hall–Kier alpha value is -1.82. The molecule has 0 aliphatic rings. The highest BCUT2D eigenvalue weighted by Gasteiger charge is 2.11. The van der Waals surface area contributed by atoms with E-state index in [-0.39, 0.29) is 5.56 Å². The van der Waals surface area contributed by atoms with Crippen molar-refractivity contribution in [3.05, 3.63) is 41.5 Å². The molecule has 0 bridgehead atoms. The second kappa shape index (κ2) is 5.01. The molecule has 0 aliphatic heterocycles. The molecule has 2 aromatic rings. The predicted octanol–water partition coefficient (Wildman–Crippen LogP) is 2.37. The van der Waals surface area contributed by atoms with Crippen LogP contribution in [-0.4, -0.2) is 21.2 Å². The molecular formula is C11H10N2O3S. The van der Waals surface area contributed by atoms with Gasteiger partial charge < -0.3 is 9.63 Å². The molecule has 0 amide bonds. The van der Waals surface area contributed by atoms with Gasteiger partial charge in [-0.2, -0.15) is 4.98 Å². The largest absolute Gasteiger partial charge is 0.478 e. The quantitative estimate of drug-likeness (QED) is 0.839. The zero-order chi connectivity index (χ0) is 12.3. The Morgan fingerprint density at radius 2 is 2.24 bits per heavy atom. The van der Waals surface area contributed by atoms with Crippen LogP contribution in [0.3, 0.4) is 0 Å². The number of thioether (sulfide) groups is 1. The number of hydrogen-bond acceptors (Lipinski definition) is 5. The standard InChI is InChI=1S/C11H10N2O3S/c1-7-12-10(16-13-7)6-17-9-5-3-2-4-8(9)11(14)15/h2-5H,6H2,1H3,(H,14,15). The van der Waals surface area contributed by atoms with Crippen molar-refractivity contribution < 1.29 is 14.4 Å². The Morgan fingerprint density at radius 3 is 2.88 bits per heavy atom. The highest BCUT2D eigenvalue weighted by atomic mass is 32.2. The third-order valence-electron chi connectivity index (χ3n) is 2.04. The van der Waals surface area contributed by atoms with Crippen LogP contribution in [0.15, 0.2) is 33.7 Å². The van der Waals surface area contributed by atoms with Gasteiger partial charge in [0.2, 0.25) is 5.89 Å². The number of hydrogen-bond donors (Lipinski definition) is 1. The van der Waals surface area contributed by atoms with E-state index >= 15 is 0 Å². The predicted molar refractivity (Wildman–Crippen MR) is 62.0 cm³/mol. The number of carboxylic acids is 1. The molecule has 0 atom stereocenters. The average Bonchev–Trinajstić information content (AvgIpc) is 2.73. The van der Waals surface area contributed by atoms with Crippen molar-refractivity contribution >= 4 is 17.7 Å². The van der Waals surface area contributed by atoms with Crippen LogP contribution in [0.4, 0.5) is 0 Å². The van der Waals surface area contributed by atoms with Crippen molar-refractivity contribution in [2.75, 3.05) is 0 Å². The Morgan fingerprint density at radius 1 is 1.47 bits per heavy atom. The van der Waals surface area contributed by atoms with Crippen molar-refractivity contribution in [2.45, 2.75) is 17.6 Å². The molecule has 0 spiro atoms. The van der Waals surface area contributed by atoms with Crippen molar-refractivity contribution in [2.24, 2.45) is 0 Å². The fraction of sp³-hybridized carbons (Fsp3) is 0.182. The van der Waals surface area contributed by atoms with Crippen molar-refractivity contribution in [1.29, 1.82) is 0 Å².